The van der Waals surface area contributed by atoms with Crippen molar-refractivity contribution in [3.05, 3.63) is 0 Å². The summed E-state index contributed by atoms with van der Waals surface area (Å²) in [7, 11) is 0. The highest BCUT2D eigenvalue weighted by Gasteiger charge is 2.10. The van der Waals surface area contributed by atoms with Gasteiger partial charge in [-0.15, -0.1) is 0 Å². The second-order valence-corrected chi connectivity index (χ2v) is 3.65. The summed E-state index contributed by atoms with van der Waals surface area (Å²) >= 11 is 4.64. The van der Waals surface area contributed by atoms with Crippen molar-refractivity contribution in [3.63, 3.8) is 0 Å². The van der Waals surface area contributed by atoms with Crippen molar-refractivity contribution in [1.82, 2.24) is 10.3 Å². The van der Waals surface area contributed by atoms with Gasteiger partial charge >= 0.3 is 0 Å². The number of thiocarbonyl (C=S) groups is 1. The van der Waals surface area contributed by atoms with Crippen molar-refractivity contribution in [2.75, 3.05) is 32.8 Å². The van der Waals surface area contributed by atoms with Crippen LogP contribution in [-0.4, -0.2) is 48.6 Å². The van der Waals surface area contributed by atoms with Gasteiger partial charge in [0.2, 0.25) is 0 Å². The minimum Gasteiger partial charge on any atom is -0.379 e. The molecule has 0 radical (unpaired) electrons. The first kappa shape index (κ1) is 11.4. The van der Waals surface area contributed by atoms with Gasteiger partial charge in [-0.05, 0) is 19.1 Å². The van der Waals surface area contributed by atoms with Gasteiger partial charge in [0.05, 0.1) is 13.2 Å². The molecule has 1 saturated heterocycles. The SMILES string of the molecule is CC(CN1CCOCC1)=NNC(N)=S. The van der Waals surface area contributed by atoms with E-state index < -0.39 is 0 Å². The first-order valence-corrected chi connectivity index (χ1v) is 4.98. The Kier molecular flexibility index (Phi) is 4.78. The zero-order valence-corrected chi connectivity index (χ0v) is 9.14. The molecule has 0 bridgehead atoms. The molecular weight excluding hydrogens is 200 g/mol. The summed E-state index contributed by atoms with van der Waals surface area (Å²) < 4.78 is 5.24. The maximum atomic E-state index is 5.25. The second-order valence-electron chi connectivity index (χ2n) is 3.21. The van der Waals surface area contributed by atoms with Gasteiger partial charge < -0.3 is 10.5 Å². The molecule has 1 rings (SSSR count). The van der Waals surface area contributed by atoms with Crippen LogP contribution in [0.25, 0.3) is 0 Å². The van der Waals surface area contributed by atoms with Gasteiger partial charge in [-0.2, -0.15) is 5.10 Å². The molecule has 5 nitrogen and oxygen atoms in total. The van der Waals surface area contributed by atoms with Crippen LogP contribution in [0, 0.1) is 0 Å². The molecule has 0 aliphatic carbocycles. The quantitative estimate of drug-likeness (QED) is 0.379. The third-order valence-electron chi connectivity index (χ3n) is 1.91. The lowest BCUT2D eigenvalue weighted by Crippen LogP contribution is -2.39. The maximum Gasteiger partial charge on any atom is 0.184 e. The van der Waals surface area contributed by atoms with Crippen LogP contribution in [-0.2, 0) is 4.74 Å². The number of nitrogens with zero attached hydrogens (tertiary/aromatic N) is 2. The lowest BCUT2D eigenvalue weighted by molar-refractivity contribution is 0.0452. The van der Waals surface area contributed by atoms with Gasteiger partial charge in [-0.1, -0.05) is 0 Å². The number of hydrazone groups is 1. The maximum absolute atomic E-state index is 5.25. The minimum atomic E-state index is 0.200. The van der Waals surface area contributed by atoms with E-state index in [0.29, 0.717) is 0 Å². The molecule has 80 valence electrons. The topological polar surface area (TPSA) is 62.9 Å². The second kappa shape index (κ2) is 5.90. The summed E-state index contributed by atoms with van der Waals surface area (Å²) in [5.41, 5.74) is 8.80. The standard InChI is InChI=1S/C8H16N4OS/c1-7(10-11-8(9)14)6-12-2-4-13-5-3-12/h2-6H2,1H3,(H3,9,11,14). The highest BCUT2D eigenvalue weighted by Crippen LogP contribution is 1.96. The first-order valence-electron chi connectivity index (χ1n) is 4.57. The lowest BCUT2D eigenvalue weighted by atomic mass is 10.3. The summed E-state index contributed by atoms with van der Waals surface area (Å²) in [6.07, 6.45) is 0. The summed E-state index contributed by atoms with van der Waals surface area (Å²) in [4.78, 5) is 2.28. The fraction of sp³-hybridized carbons (Fsp3) is 0.750. The molecule has 1 aliphatic heterocycles. The normalized spacial score (nSPS) is 19.4. The zero-order valence-electron chi connectivity index (χ0n) is 8.32. The molecule has 1 heterocycles. The van der Waals surface area contributed by atoms with Crippen LogP contribution in [0.5, 0.6) is 0 Å². The van der Waals surface area contributed by atoms with Gasteiger partial charge in [-0.3, -0.25) is 10.3 Å². The molecule has 3 N–H and O–H groups in total. The Labute approximate surface area is 89.3 Å². The summed E-state index contributed by atoms with van der Waals surface area (Å²) in [5.74, 6) is 0. The van der Waals surface area contributed by atoms with Crippen LogP contribution in [0.4, 0.5) is 0 Å². The number of hydrogen-bond donors (Lipinski definition) is 2. The Hall–Kier alpha value is -0.720. The lowest BCUT2D eigenvalue weighted by Gasteiger charge is -2.26. The number of nitrogens with one attached hydrogen (secondary N) is 1. The molecular formula is C8H16N4OS. The third-order valence-corrected chi connectivity index (χ3v) is 2.00. The van der Waals surface area contributed by atoms with E-state index in [1.54, 1.807) is 0 Å². The highest BCUT2D eigenvalue weighted by atomic mass is 32.1. The Morgan fingerprint density at radius 1 is 1.57 bits per heavy atom. The van der Waals surface area contributed by atoms with Crippen LogP contribution >= 0.6 is 12.2 Å². The van der Waals surface area contributed by atoms with Crippen molar-refractivity contribution in [2.45, 2.75) is 6.92 Å². The van der Waals surface area contributed by atoms with Crippen LogP contribution in [0.3, 0.4) is 0 Å². The van der Waals surface area contributed by atoms with E-state index in [1.165, 1.54) is 0 Å². The number of morpholine rings is 1. The molecule has 14 heavy (non-hydrogen) atoms. The van der Waals surface area contributed by atoms with Crippen molar-refractivity contribution in [2.24, 2.45) is 10.8 Å². The molecule has 0 aromatic carbocycles. The molecule has 0 amide bonds. The van der Waals surface area contributed by atoms with Crippen LogP contribution < -0.4 is 11.2 Å². The van der Waals surface area contributed by atoms with E-state index in [9.17, 15) is 0 Å². The van der Waals surface area contributed by atoms with Gasteiger partial charge in [0.1, 0.15) is 0 Å². The molecule has 6 heteroatoms. The van der Waals surface area contributed by atoms with E-state index in [1.807, 2.05) is 6.92 Å². The van der Waals surface area contributed by atoms with Crippen molar-refractivity contribution in [1.29, 1.82) is 0 Å². The molecule has 0 saturated carbocycles. The largest absolute Gasteiger partial charge is 0.379 e. The predicted molar refractivity (Wildman–Crippen MR) is 60.3 cm³/mol. The van der Waals surface area contributed by atoms with Crippen LogP contribution in [0.1, 0.15) is 6.92 Å². The summed E-state index contributed by atoms with van der Waals surface area (Å²) in [6, 6.07) is 0. The summed E-state index contributed by atoms with van der Waals surface area (Å²) in [6.45, 7) is 6.30. The van der Waals surface area contributed by atoms with E-state index >= 15 is 0 Å². The van der Waals surface area contributed by atoms with Crippen molar-refractivity contribution in [3.8, 4) is 0 Å². The highest BCUT2D eigenvalue weighted by molar-refractivity contribution is 7.80. The smallest absolute Gasteiger partial charge is 0.184 e. The monoisotopic (exact) mass is 216 g/mol. The Morgan fingerprint density at radius 2 is 2.21 bits per heavy atom. The third kappa shape index (κ3) is 4.50. The zero-order chi connectivity index (χ0) is 10.4. The molecule has 1 aliphatic rings. The number of hydrogen-bond acceptors (Lipinski definition) is 4. The average Bonchev–Trinajstić information content (AvgIpc) is 2.16. The number of ether oxygens (including phenoxy) is 1. The van der Waals surface area contributed by atoms with Gasteiger partial charge in [0, 0.05) is 25.3 Å². The Balaban J connectivity index is 2.27. The molecule has 0 aromatic heterocycles. The Bertz CT molecular complexity index is 225. The predicted octanol–water partition coefficient (Wildman–Crippen LogP) is -0.472. The Morgan fingerprint density at radius 3 is 2.79 bits per heavy atom. The van der Waals surface area contributed by atoms with Crippen molar-refractivity contribution < 1.29 is 4.74 Å². The van der Waals surface area contributed by atoms with Gasteiger partial charge in [0.25, 0.3) is 0 Å². The fourth-order valence-corrected chi connectivity index (χ4v) is 1.31. The van der Waals surface area contributed by atoms with E-state index in [4.69, 9.17) is 10.5 Å². The number of nitrogens with two attached hydrogens (primary N) is 1. The van der Waals surface area contributed by atoms with E-state index in [0.717, 1.165) is 38.6 Å². The van der Waals surface area contributed by atoms with Crippen molar-refractivity contribution >= 4 is 23.0 Å². The van der Waals surface area contributed by atoms with Crippen LogP contribution in [0.15, 0.2) is 5.10 Å². The first-order chi connectivity index (χ1) is 6.68. The number of rotatable bonds is 3. The van der Waals surface area contributed by atoms with E-state index in [-0.39, 0.29) is 5.11 Å². The summed E-state index contributed by atoms with van der Waals surface area (Å²) in [5, 5.41) is 4.24. The average molecular weight is 216 g/mol. The molecule has 0 aromatic rings. The molecule has 1 fully saturated rings. The van der Waals surface area contributed by atoms with Crippen LogP contribution in [0.2, 0.25) is 0 Å². The van der Waals surface area contributed by atoms with E-state index in [2.05, 4.69) is 27.6 Å². The molecule has 0 spiro atoms. The van der Waals surface area contributed by atoms with Gasteiger partial charge in [0.15, 0.2) is 5.11 Å². The minimum absolute atomic E-state index is 0.200. The van der Waals surface area contributed by atoms with Gasteiger partial charge in [-0.25, -0.2) is 0 Å². The molecule has 0 atom stereocenters. The molecule has 0 unspecified atom stereocenters. The fourth-order valence-electron chi connectivity index (χ4n) is 1.27.